The molecule has 1 aromatic rings. The van der Waals surface area contributed by atoms with E-state index in [-0.39, 0.29) is 5.82 Å². The van der Waals surface area contributed by atoms with Crippen molar-refractivity contribution in [1.29, 1.82) is 0 Å². The lowest BCUT2D eigenvalue weighted by atomic mass is 9.77. The maximum absolute atomic E-state index is 13.3. The van der Waals surface area contributed by atoms with Gasteiger partial charge in [-0.3, -0.25) is 0 Å². The SMILES string of the molecule is CC(C)NCCC1(CCc2ccc(F)c(Br)c2)CCCC1. The standard InChI is InChI=1S/C18H27BrFN/c1-14(2)21-12-11-18(8-3-4-9-18)10-7-15-5-6-17(20)16(19)13-15/h5-6,13-14,21H,3-4,7-12H2,1-2H3. The van der Waals surface area contributed by atoms with Gasteiger partial charge in [-0.2, -0.15) is 0 Å². The van der Waals surface area contributed by atoms with Crippen LogP contribution < -0.4 is 5.32 Å². The molecule has 1 fully saturated rings. The number of nitrogens with one attached hydrogen (secondary N) is 1. The first kappa shape index (κ1) is 17.0. The van der Waals surface area contributed by atoms with Crippen LogP contribution in [0.15, 0.2) is 22.7 Å². The summed E-state index contributed by atoms with van der Waals surface area (Å²) in [6.07, 6.45) is 9.01. The average Bonchev–Trinajstić information content (AvgIpc) is 2.89. The summed E-state index contributed by atoms with van der Waals surface area (Å²) >= 11 is 3.29. The topological polar surface area (TPSA) is 12.0 Å². The van der Waals surface area contributed by atoms with Crippen molar-refractivity contribution in [3.05, 3.63) is 34.1 Å². The van der Waals surface area contributed by atoms with Crippen LogP contribution in [0.2, 0.25) is 0 Å². The molecule has 1 aromatic carbocycles. The van der Waals surface area contributed by atoms with Crippen molar-refractivity contribution in [1.82, 2.24) is 5.32 Å². The van der Waals surface area contributed by atoms with Crippen molar-refractivity contribution in [2.24, 2.45) is 5.41 Å². The minimum Gasteiger partial charge on any atom is -0.315 e. The van der Waals surface area contributed by atoms with Crippen molar-refractivity contribution in [2.45, 2.75) is 64.8 Å². The molecule has 0 amide bonds. The third-order valence-electron chi connectivity index (χ3n) is 4.80. The van der Waals surface area contributed by atoms with Gasteiger partial charge in [0.15, 0.2) is 0 Å². The highest BCUT2D eigenvalue weighted by molar-refractivity contribution is 9.10. The summed E-state index contributed by atoms with van der Waals surface area (Å²) in [5.74, 6) is -0.171. The highest BCUT2D eigenvalue weighted by Gasteiger charge is 2.32. The molecule has 0 radical (unpaired) electrons. The zero-order chi connectivity index (χ0) is 15.3. The predicted octanol–water partition coefficient (Wildman–Crippen LogP) is 5.47. The molecular formula is C18H27BrFN. The van der Waals surface area contributed by atoms with E-state index in [1.165, 1.54) is 44.1 Å². The molecule has 0 saturated heterocycles. The van der Waals surface area contributed by atoms with E-state index in [0.717, 1.165) is 13.0 Å². The molecule has 3 heteroatoms. The Labute approximate surface area is 136 Å². The number of benzene rings is 1. The van der Waals surface area contributed by atoms with E-state index >= 15 is 0 Å². The number of hydrogen-bond donors (Lipinski definition) is 1. The molecule has 1 saturated carbocycles. The fourth-order valence-electron chi connectivity index (χ4n) is 3.48. The van der Waals surface area contributed by atoms with Crippen LogP contribution in [0.3, 0.4) is 0 Å². The molecule has 0 bridgehead atoms. The summed E-state index contributed by atoms with van der Waals surface area (Å²) in [5, 5.41) is 3.55. The van der Waals surface area contributed by atoms with Gasteiger partial charge in [0.2, 0.25) is 0 Å². The Balaban J connectivity index is 1.91. The maximum Gasteiger partial charge on any atom is 0.137 e. The lowest BCUT2D eigenvalue weighted by molar-refractivity contribution is 0.242. The quantitative estimate of drug-likeness (QED) is 0.683. The van der Waals surface area contributed by atoms with Gasteiger partial charge in [0, 0.05) is 6.04 Å². The molecular weight excluding hydrogens is 329 g/mol. The number of aryl methyl sites for hydroxylation is 1. The van der Waals surface area contributed by atoms with Crippen LogP contribution in [-0.2, 0) is 6.42 Å². The molecule has 0 atom stereocenters. The van der Waals surface area contributed by atoms with Gasteiger partial charge in [0.05, 0.1) is 4.47 Å². The van der Waals surface area contributed by atoms with Crippen molar-refractivity contribution >= 4 is 15.9 Å². The van der Waals surface area contributed by atoms with Crippen molar-refractivity contribution in [2.75, 3.05) is 6.54 Å². The molecule has 0 aromatic heterocycles. The van der Waals surface area contributed by atoms with E-state index in [1.807, 2.05) is 12.1 Å². The van der Waals surface area contributed by atoms with E-state index in [4.69, 9.17) is 0 Å². The Hall–Kier alpha value is -0.410. The van der Waals surface area contributed by atoms with Gasteiger partial charge in [-0.15, -0.1) is 0 Å². The molecule has 2 rings (SSSR count). The van der Waals surface area contributed by atoms with Gasteiger partial charge in [0.25, 0.3) is 0 Å². The Morgan fingerprint density at radius 3 is 2.57 bits per heavy atom. The fraction of sp³-hybridized carbons (Fsp3) is 0.667. The summed E-state index contributed by atoms with van der Waals surface area (Å²) in [6, 6.07) is 6.00. The van der Waals surface area contributed by atoms with E-state index in [2.05, 4.69) is 35.1 Å². The Kier molecular flexibility index (Phi) is 6.24. The molecule has 1 aliphatic carbocycles. The van der Waals surface area contributed by atoms with Crippen LogP contribution in [0.5, 0.6) is 0 Å². The van der Waals surface area contributed by atoms with Crippen molar-refractivity contribution < 1.29 is 4.39 Å². The second-order valence-corrected chi connectivity index (χ2v) is 7.67. The molecule has 1 nitrogen and oxygen atoms in total. The third kappa shape index (κ3) is 5.07. The lowest BCUT2D eigenvalue weighted by Gasteiger charge is -2.30. The molecule has 118 valence electrons. The van der Waals surface area contributed by atoms with E-state index in [9.17, 15) is 4.39 Å². The second kappa shape index (κ2) is 7.73. The van der Waals surface area contributed by atoms with Gasteiger partial charge >= 0.3 is 0 Å². The van der Waals surface area contributed by atoms with Gasteiger partial charge in [-0.05, 0) is 77.7 Å². The maximum atomic E-state index is 13.3. The minimum absolute atomic E-state index is 0.171. The summed E-state index contributed by atoms with van der Waals surface area (Å²) in [5.41, 5.74) is 1.74. The number of hydrogen-bond acceptors (Lipinski definition) is 1. The highest BCUT2D eigenvalue weighted by Crippen LogP contribution is 2.44. The van der Waals surface area contributed by atoms with Crippen LogP contribution in [0.4, 0.5) is 4.39 Å². The summed E-state index contributed by atoms with van der Waals surface area (Å²) in [7, 11) is 0. The molecule has 1 N–H and O–H groups in total. The minimum atomic E-state index is -0.171. The Morgan fingerprint density at radius 2 is 1.95 bits per heavy atom. The van der Waals surface area contributed by atoms with Crippen molar-refractivity contribution in [3.8, 4) is 0 Å². The molecule has 0 unspecified atom stereocenters. The normalized spacial score (nSPS) is 17.6. The smallest absolute Gasteiger partial charge is 0.137 e. The molecule has 0 aliphatic heterocycles. The van der Waals surface area contributed by atoms with E-state index in [1.54, 1.807) is 6.07 Å². The predicted molar refractivity (Wildman–Crippen MR) is 91.1 cm³/mol. The Bertz CT molecular complexity index is 453. The fourth-order valence-corrected chi connectivity index (χ4v) is 3.91. The summed E-state index contributed by atoms with van der Waals surface area (Å²) in [4.78, 5) is 0. The van der Waals surface area contributed by atoms with Gasteiger partial charge in [-0.25, -0.2) is 4.39 Å². The Morgan fingerprint density at radius 1 is 1.24 bits per heavy atom. The number of rotatable bonds is 7. The monoisotopic (exact) mass is 355 g/mol. The summed E-state index contributed by atoms with van der Waals surface area (Å²) < 4.78 is 13.9. The van der Waals surface area contributed by atoms with E-state index < -0.39 is 0 Å². The van der Waals surface area contributed by atoms with Crippen LogP contribution in [0, 0.1) is 11.2 Å². The van der Waals surface area contributed by atoms with Gasteiger partial charge < -0.3 is 5.32 Å². The zero-order valence-electron chi connectivity index (χ0n) is 13.2. The van der Waals surface area contributed by atoms with Crippen LogP contribution in [0.25, 0.3) is 0 Å². The lowest BCUT2D eigenvalue weighted by Crippen LogP contribution is -2.29. The third-order valence-corrected chi connectivity index (χ3v) is 5.41. The number of halogens is 2. The molecule has 1 aliphatic rings. The van der Waals surface area contributed by atoms with Crippen LogP contribution >= 0.6 is 15.9 Å². The molecule has 0 spiro atoms. The first-order valence-electron chi connectivity index (χ1n) is 8.18. The van der Waals surface area contributed by atoms with E-state index in [0.29, 0.717) is 15.9 Å². The van der Waals surface area contributed by atoms with Crippen LogP contribution in [0.1, 0.15) is 57.9 Å². The molecule has 0 heterocycles. The summed E-state index contributed by atoms with van der Waals surface area (Å²) in [6.45, 7) is 5.53. The van der Waals surface area contributed by atoms with Crippen molar-refractivity contribution in [3.63, 3.8) is 0 Å². The van der Waals surface area contributed by atoms with Crippen LogP contribution in [-0.4, -0.2) is 12.6 Å². The highest BCUT2D eigenvalue weighted by atomic mass is 79.9. The largest absolute Gasteiger partial charge is 0.315 e. The average molecular weight is 356 g/mol. The van der Waals surface area contributed by atoms with Gasteiger partial charge in [0.1, 0.15) is 5.82 Å². The van der Waals surface area contributed by atoms with Gasteiger partial charge in [-0.1, -0.05) is 32.8 Å². The first-order chi connectivity index (χ1) is 10.0. The molecule has 21 heavy (non-hydrogen) atoms. The zero-order valence-corrected chi connectivity index (χ0v) is 14.8. The first-order valence-corrected chi connectivity index (χ1v) is 8.97. The second-order valence-electron chi connectivity index (χ2n) is 6.81.